The summed E-state index contributed by atoms with van der Waals surface area (Å²) >= 11 is 0. The highest BCUT2D eigenvalue weighted by Gasteiger charge is 2.27. The SMILES string of the molecule is COC(CN)(Cc1ccccc1)OC. The van der Waals surface area contributed by atoms with Crippen LogP contribution in [0, 0.1) is 0 Å². The first-order chi connectivity index (χ1) is 6.76. The zero-order valence-corrected chi connectivity index (χ0v) is 8.69. The number of nitrogens with two attached hydrogens (primary N) is 1. The monoisotopic (exact) mass is 195 g/mol. The van der Waals surface area contributed by atoms with E-state index in [1.807, 2.05) is 30.3 Å². The van der Waals surface area contributed by atoms with E-state index in [0.717, 1.165) is 5.56 Å². The molecule has 0 radical (unpaired) electrons. The molecule has 14 heavy (non-hydrogen) atoms. The van der Waals surface area contributed by atoms with Gasteiger partial charge in [0.25, 0.3) is 0 Å². The maximum Gasteiger partial charge on any atom is 0.183 e. The van der Waals surface area contributed by atoms with E-state index in [1.54, 1.807) is 14.2 Å². The lowest BCUT2D eigenvalue weighted by atomic mass is 10.1. The molecule has 0 unspecified atom stereocenters. The van der Waals surface area contributed by atoms with Crippen molar-refractivity contribution in [2.24, 2.45) is 5.73 Å². The van der Waals surface area contributed by atoms with E-state index in [1.165, 1.54) is 0 Å². The second kappa shape index (κ2) is 5.10. The number of methoxy groups -OCH3 is 2. The summed E-state index contributed by atoms with van der Waals surface area (Å²) in [5.41, 5.74) is 6.78. The fraction of sp³-hybridized carbons (Fsp3) is 0.455. The number of benzene rings is 1. The van der Waals surface area contributed by atoms with Gasteiger partial charge in [-0.15, -0.1) is 0 Å². The smallest absolute Gasteiger partial charge is 0.183 e. The third-order valence-electron chi connectivity index (χ3n) is 2.37. The van der Waals surface area contributed by atoms with Crippen LogP contribution in [-0.4, -0.2) is 26.6 Å². The lowest BCUT2D eigenvalue weighted by molar-refractivity contribution is -0.197. The summed E-state index contributed by atoms with van der Waals surface area (Å²) in [4.78, 5) is 0. The first-order valence-corrected chi connectivity index (χ1v) is 4.60. The molecule has 3 heteroatoms. The van der Waals surface area contributed by atoms with Crippen molar-refractivity contribution in [1.82, 2.24) is 0 Å². The van der Waals surface area contributed by atoms with Gasteiger partial charge in [0.2, 0.25) is 0 Å². The van der Waals surface area contributed by atoms with Crippen molar-refractivity contribution in [1.29, 1.82) is 0 Å². The molecule has 0 heterocycles. The number of rotatable bonds is 5. The van der Waals surface area contributed by atoms with Crippen molar-refractivity contribution in [3.8, 4) is 0 Å². The van der Waals surface area contributed by atoms with Crippen LogP contribution >= 0.6 is 0 Å². The summed E-state index contributed by atoms with van der Waals surface area (Å²) in [6, 6.07) is 10.0. The molecule has 0 aliphatic heterocycles. The molecule has 0 amide bonds. The highest BCUT2D eigenvalue weighted by molar-refractivity contribution is 5.16. The first-order valence-electron chi connectivity index (χ1n) is 4.60. The molecule has 1 rings (SSSR count). The largest absolute Gasteiger partial charge is 0.352 e. The van der Waals surface area contributed by atoms with Crippen LogP contribution in [0.25, 0.3) is 0 Å². The number of hydrogen-bond donors (Lipinski definition) is 1. The van der Waals surface area contributed by atoms with Gasteiger partial charge in [0.15, 0.2) is 5.79 Å². The summed E-state index contributed by atoms with van der Waals surface area (Å²) in [5, 5.41) is 0. The standard InChI is InChI=1S/C11H17NO2/c1-13-11(9-12,14-2)8-10-6-4-3-5-7-10/h3-7H,8-9,12H2,1-2H3. The molecular weight excluding hydrogens is 178 g/mol. The molecule has 0 spiro atoms. The molecule has 0 saturated heterocycles. The molecule has 2 N–H and O–H groups in total. The van der Waals surface area contributed by atoms with Gasteiger partial charge in [-0.2, -0.15) is 0 Å². The van der Waals surface area contributed by atoms with Crippen LogP contribution in [0.2, 0.25) is 0 Å². The van der Waals surface area contributed by atoms with Gasteiger partial charge in [-0.05, 0) is 5.56 Å². The van der Waals surface area contributed by atoms with Crippen molar-refractivity contribution >= 4 is 0 Å². The molecule has 0 aliphatic carbocycles. The van der Waals surface area contributed by atoms with Crippen molar-refractivity contribution in [3.05, 3.63) is 35.9 Å². The van der Waals surface area contributed by atoms with Crippen molar-refractivity contribution in [3.63, 3.8) is 0 Å². The van der Waals surface area contributed by atoms with Gasteiger partial charge in [-0.3, -0.25) is 0 Å². The van der Waals surface area contributed by atoms with E-state index in [-0.39, 0.29) is 0 Å². The molecular formula is C11H17NO2. The molecule has 1 aromatic carbocycles. The fourth-order valence-electron chi connectivity index (χ4n) is 1.37. The Morgan fingerprint density at radius 1 is 1.14 bits per heavy atom. The zero-order valence-electron chi connectivity index (χ0n) is 8.69. The van der Waals surface area contributed by atoms with Gasteiger partial charge >= 0.3 is 0 Å². The van der Waals surface area contributed by atoms with Crippen LogP contribution in [-0.2, 0) is 15.9 Å². The Labute approximate surface area is 84.8 Å². The molecule has 0 aliphatic rings. The molecule has 0 saturated carbocycles. The average molecular weight is 195 g/mol. The first kappa shape index (κ1) is 11.2. The molecule has 0 atom stereocenters. The van der Waals surface area contributed by atoms with Gasteiger partial charge in [0.1, 0.15) is 0 Å². The van der Waals surface area contributed by atoms with Crippen molar-refractivity contribution < 1.29 is 9.47 Å². The van der Waals surface area contributed by atoms with Crippen LogP contribution in [0.1, 0.15) is 5.56 Å². The Kier molecular flexibility index (Phi) is 4.07. The van der Waals surface area contributed by atoms with Gasteiger partial charge in [0, 0.05) is 27.2 Å². The van der Waals surface area contributed by atoms with Crippen LogP contribution in [0.4, 0.5) is 0 Å². The Balaban J connectivity index is 2.74. The van der Waals surface area contributed by atoms with Crippen molar-refractivity contribution in [2.75, 3.05) is 20.8 Å². The maximum absolute atomic E-state index is 5.63. The second-order valence-electron chi connectivity index (χ2n) is 3.19. The quantitative estimate of drug-likeness (QED) is 0.717. The normalized spacial score (nSPS) is 11.6. The van der Waals surface area contributed by atoms with E-state index in [2.05, 4.69) is 0 Å². The third-order valence-corrected chi connectivity index (χ3v) is 2.37. The maximum atomic E-state index is 5.63. The Hall–Kier alpha value is -0.900. The van der Waals surface area contributed by atoms with E-state index >= 15 is 0 Å². The Morgan fingerprint density at radius 2 is 1.71 bits per heavy atom. The van der Waals surface area contributed by atoms with Crippen LogP contribution in [0.15, 0.2) is 30.3 Å². The summed E-state index contributed by atoms with van der Waals surface area (Å²) in [6.45, 7) is 0.342. The van der Waals surface area contributed by atoms with Gasteiger partial charge < -0.3 is 15.2 Å². The summed E-state index contributed by atoms with van der Waals surface area (Å²) in [6.07, 6.45) is 0.664. The predicted molar refractivity (Wildman–Crippen MR) is 55.9 cm³/mol. The third kappa shape index (κ3) is 2.54. The van der Waals surface area contributed by atoms with E-state index in [9.17, 15) is 0 Å². The highest BCUT2D eigenvalue weighted by atomic mass is 16.7. The van der Waals surface area contributed by atoms with Crippen molar-refractivity contribution in [2.45, 2.75) is 12.2 Å². The molecule has 78 valence electrons. The molecule has 0 bridgehead atoms. The van der Waals surface area contributed by atoms with Gasteiger partial charge in [0.05, 0.1) is 0 Å². The summed E-state index contributed by atoms with van der Waals surface area (Å²) in [5.74, 6) is -0.693. The van der Waals surface area contributed by atoms with Crippen LogP contribution in [0.5, 0.6) is 0 Å². The zero-order chi connectivity index (χ0) is 10.4. The minimum atomic E-state index is -0.693. The minimum Gasteiger partial charge on any atom is -0.352 e. The van der Waals surface area contributed by atoms with Gasteiger partial charge in [-0.25, -0.2) is 0 Å². The Morgan fingerprint density at radius 3 is 2.14 bits per heavy atom. The molecule has 3 nitrogen and oxygen atoms in total. The predicted octanol–water partition coefficient (Wildman–Crippen LogP) is 1.18. The van der Waals surface area contributed by atoms with E-state index < -0.39 is 5.79 Å². The number of hydrogen-bond acceptors (Lipinski definition) is 3. The van der Waals surface area contributed by atoms with Crippen LogP contribution in [0.3, 0.4) is 0 Å². The average Bonchev–Trinajstić information content (AvgIpc) is 2.28. The lowest BCUT2D eigenvalue weighted by Crippen LogP contribution is -2.43. The van der Waals surface area contributed by atoms with E-state index in [0.29, 0.717) is 13.0 Å². The highest BCUT2D eigenvalue weighted by Crippen LogP contribution is 2.16. The molecule has 0 fully saturated rings. The summed E-state index contributed by atoms with van der Waals surface area (Å²) < 4.78 is 10.6. The molecule has 0 aromatic heterocycles. The molecule has 1 aromatic rings. The summed E-state index contributed by atoms with van der Waals surface area (Å²) in [7, 11) is 3.22. The topological polar surface area (TPSA) is 44.5 Å². The Bertz CT molecular complexity index is 249. The second-order valence-corrected chi connectivity index (χ2v) is 3.19. The minimum absolute atomic E-state index is 0.342. The van der Waals surface area contributed by atoms with Gasteiger partial charge in [-0.1, -0.05) is 30.3 Å². The fourth-order valence-corrected chi connectivity index (χ4v) is 1.37. The number of ether oxygens (including phenoxy) is 2. The van der Waals surface area contributed by atoms with E-state index in [4.69, 9.17) is 15.2 Å². The van der Waals surface area contributed by atoms with Crippen LogP contribution < -0.4 is 5.73 Å². The lowest BCUT2D eigenvalue weighted by Gasteiger charge is -2.29.